The van der Waals surface area contributed by atoms with E-state index >= 15 is 0 Å². The topological polar surface area (TPSA) is 113 Å². The third-order valence-corrected chi connectivity index (χ3v) is 7.21. The van der Waals surface area contributed by atoms with Crippen molar-refractivity contribution in [1.29, 1.82) is 0 Å². The van der Waals surface area contributed by atoms with Crippen molar-refractivity contribution in [3.05, 3.63) is 60.7 Å². The van der Waals surface area contributed by atoms with Crippen LogP contribution in [0.4, 0.5) is 11.4 Å². The maximum atomic E-state index is 13.0. The number of rotatable bonds is 6. The zero-order valence-electron chi connectivity index (χ0n) is 16.6. The summed E-state index contributed by atoms with van der Waals surface area (Å²) < 4.78 is 54.4. The Balaban J connectivity index is 1.96. The van der Waals surface area contributed by atoms with Gasteiger partial charge >= 0.3 is 0 Å². The summed E-state index contributed by atoms with van der Waals surface area (Å²) in [5.74, 6) is -0.715. The Bertz CT molecular complexity index is 1320. The lowest BCUT2D eigenvalue weighted by Crippen LogP contribution is -2.28. The molecule has 2 N–H and O–H groups in total. The summed E-state index contributed by atoms with van der Waals surface area (Å²) in [5, 5.41) is 1.36. The highest BCUT2D eigenvalue weighted by Gasteiger charge is 2.20. The van der Waals surface area contributed by atoms with Crippen LogP contribution in [0.2, 0.25) is 0 Å². The number of anilines is 2. The van der Waals surface area contributed by atoms with Gasteiger partial charge in [0.25, 0.3) is 20.0 Å². The van der Waals surface area contributed by atoms with Crippen molar-refractivity contribution >= 4 is 48.1 Å². The molecule has 0 saturated carbocycles. The number of nitrogens with zero attached hydrogens (tertiary/aromatic N) is 1. The van der Waals surface area contributed by atoms with E-state index in [0.29, 0.717) is 5.39 Å². The van der Waals surface area contributed by atoms with Gasteiger partial charge in [0.2, 0.25) is 5.91 Å². The van der Waals surface area contributed by atoms with Crippen LogP contribution in [0.25, 0.3) is 10.8 Å². The van der Waals surface area contributed by atoms with E-state index in [1.54, 1.807) is 18.2 Å². The lowest BCUT2D eigenvalue weighted by molar-refractivity contribution is -0.117. The second kappa shape index (κ2) is 7.96. The van der Waals surface area contributed by atoms with Crippen LogP contribution >= 0.6 is 0 Å². The summed E-state index contributed by atoms with van der Waals surface area (Å²) in [7, 11) is -4.17. The van der Waals surface area contributed by atoms with Crippen LogP contribution in [0.1, 0.15) is 6.92 Å². The van der Waals surface area contributed by atoms with E-state index in [1.807, 2.05) is 35.9 Å². The second-order valence-corrected chi connectivity index (χ2v) is 10.1. The summed E-state index contributed by atoms with van der Waals surface area (Å²) in [4.78, 5) is 12.9. The largest absolute Gasteiger partial charge is 0.377 e. The van der Waals surface area contributed by atoms with Crippen molar-refractivity contribution < 1.29 is 21.6 Å². The number of nitrogens with one attached hydrogen (secondary N) is 2. The van der Waals surface area contributed by atoms with Crippen molar-refractivity contribution in [1.82, 2.24) is 4.72 Å². The normalized spacial score (nSPS) is 11.8. The lowest BCUT2D eigenvalue weighted by atomic mass is 10.1. The fourth-order valence-corrected chi connectivity index (χ4v) is 5.32. The van der Waals surface area contributed by atoms with Crippen LogP contribution in [-0.4, -0.2) is 36.8 Å². The highest BCUT2D eigenvalue weighted by atomic mass is 32.2. The minimum Gasteiger partial charge on any atom is -0.377 e. The number of sulfonamides is 2. The van der Waals surface area contributed by atoms with Crippen molar-refractivity contribution in [2.75, 3.05) is 23.7 Å². The lowest BCUT2D eigenvalue weighted by Gasteiger charge is -2.17. The van der Waals surface area contributed by atoms with Crippen molar-refractivity contribution in [2.45, 2.75) is 16.7 Å². The van der Waals surface area contributed by atoms with Crippen LogP contribution in [0.5, 0.6) is 0 Å². The minimum absolute atomic E-state index is 0.110. The van der Waals surface area contributed by atoms with Crippen LogP contribution < -0.4 is 14.3 Å². The van der Waals surface area contributed by atoms with Crippen LogP contribution in [-0.2, 0) is 24.8 Å². The zero-order valence-corrected chi connectivity index (χ0v) is 18.2. The van der Waals surface area contributed by atoms with Gasteiger partial charge in [-0.1, -0.05) is 24.3 Å². The minimum atomic E-state index is -4.00. The average molecular weight is 448 g/mol. The third-order valence-electron chi connectivity index (χ3n) is 4.33. The van der Waals surface area contributed by atoms with Gasteiger partial charge in [-0.3, -0.25) is 9.52 Å². The van der Waals surface area contributed by atoms with Gasteiger partial charge in [-0.15, -0.1) is 0 Å². The molecule has 158 valence electrons. The molecule has 3 rings (SSSR count). The Hall–Kier alpha value is -3.11. The first-order chi connectivity index (χ1) is 14.0. The molecule has 0 aromatic heterocycles. The first-order valence-corrected chi connectivity index (χ1v) is 11.8. The first-order valence-electron chi connectivity index (χ1n) is 8.86. The second-order valence-electron chi connectivity index (χ2n) is 6.81. The predicted octanol–water partition coefficient (Wildman–Crippen LogP) is 2.53. The van der Waals surface area contributed by atoms with E-state index < -0.39 is 26.0 Å². The van der Waals surface area contributed by atoms with Crippen LogP contribution in [0.3, 0.4) is 0 Å². The summed E-state index contributed by atoms with van der Waals surface area (Å²) >= 11 is 0. The molecule has 1 amide bonds. The van der Waals surface area contributed by atoms with Crippen LogP contribution in [0.15, 0.2) is 70.5 Å². The number of hydrogen-bond donors (Lipinski definition) is 2. The maximum Gasteiger partial charge on any atom is 0.264 e. The van der Waals surface area contributed by atoms with E-state index in [4.69, 9.17) is 0 Å². The van der Waals surface area contributed by atoms with Gasteiger partial charge in [-0.2, -0.15) is 0 Å². The van der Waals surface area contributed by atoms with E-state index in [9.17, 15) is 21.6 Å². The molecule has 0 unspecified atom stereocenters. The van der Waals surface area contributed by atoms with E-state index in [0.717, 1.165) is 18.0 Å². The molecule has 3 aromatic rings. The molecule has 8 nitrogen and oxygen atoms in total. The smallest absolute Gasteiger partial charge is 0.264 e. The predicted molar refractivity (Wildman–Crippen MR) is 117 cm³/mol. The molecule has 0 fully saturated rings. The summed E-state index contributed by atoms with van der Waals surface area (Å²) in [6.45, 7) is 1.09. The number of hydrogen-bond acceptors (Lipinski definition) is 6. The van der Waals surface area contributed by atoms with Gasteiger partial charge in [-0.05, 0) is 36.4 Å². The van der Waals surface area contributed by atoms with Gasteiger partial charge < -0.3 is 4.90 Å². The van der Waals surface area contributed by atoms with Crippen molar-refractivity contribution in [2.24, 2.45) is 0 Å². The molecule has 0 spiro atoms. The number of fused-ring (bicyclic) bond motifs is 1. The Labute approximate surface area is 175 Å². The van der Waals surface area contributed by atoms with Gasteiger partial charge in [0, 0.05) is 43.2 Å². The maximum absolute atomic E-state index is 13.0. The van der Waals surface area contributed by atoms with Gasteiger partial charge in [0.15, 0.2) is 0 Å². The summed E-state index contributed by atoms with van der Waals surface area (Å²) in [5.41, 5.74) is 1.08. The molecule has 0 aliphatic heterocycles. The monoisotopic (exact) mass is 447 g/mol. The molecule has 0 aliphatic carbocycles. The number of amides is 1. The molecular formula is C20H21N3O5S2. The fraction of sp³-hybridized carbons (Fsp3) is 0.150. The summed E-state index contributed by atoms with van der Waals surface area (Å²) in [6, 6.07) is 15.6. The van der Waals surface area contributed by atoms with Crippen molar-refractivity contribution in [3.63, 3.8) is 0 Å². The molecule has 0 saturated heterocycles. The molecule has 0 aliphatic rings. The third kappa shape index (κ3) is 4.39. The average Bonchev–Trinajstić information content (AvgIpc) is 2.66. The highest BCUT2D eigenvalue weighted by molar-refractivity contribution is 7.93. The van der Waals surface area contributed by atoms with E-state index in [2.05, 4.69) is 4.72 Å². The molecular weight excluding hydrogens is 426 g/mol. The van der Waals surface area contributed by atoms with E-state index in [1.165, 1.54) is 30.3 Å². The first kappa shape index (κ1) is 21.6. The molecule has 0 heterocycles. The number of benzene rings is 3. The summed E-state index contributed by atoms with van der Waals surface area (Å²) in [6.07, 6.45) is 0. The Morgan fingerprint density at radius 1 is 0.800 bits per heavy atom. The van der Waals surface area contributed by atoms with Crippen molar-refractivity contribution in [3.8, 4) is 0 Å². The number of carbonyl (C=O) groups excluding carboxylic acids is 1. The molecule has 30 heavy (non-hydrogen) atoms. The zero-order chi connectivity index (χ0) is 22.1. The molecule has 3 aromatic carbocycles. The molecule has 10 heteroatoms. The van der Waals surface area contributed by atoms with E-state index in [-0.39, 0.29) is 15.5 Å². The van der Waals surface area contributed by atoms with Gasteiger partial charge in [0.05, 0.1) is 9.79 Å². The fourth-order valence-electron chi connectivity index (χ4n) is 3.05. The Morgan fingerprint density at radius 2 is 1.40 bits per heavy atom. The number of carbonyl (C=O) groups is 1. The van der Waals surface area contributed by atoms with Gasteiger partial charge in [-0.25, -0.2) is 21.6 Å². The van der Waals surface area contributed by atoms with Gasteiger partial charge in [0.1, 0.15) is 0 Å². The Morgan fingerprint density at radius 3 is 2.00 bits per heavy atom. The molecule has 0 atom stereocenters. The van der Waals surface area contributed by atoms with Crippen LogP contribution in [0, 0.1) is 0 Å². The Kier molecular flexibility index (Phi) is 5.73. The molecule has 0 bridgehead atoms. The standard InChI is InChI=1S/C20H21N3O5S2/c1-14(24)21-29(25,26)16-12-10-15(11-13-16)22-30(27,28)20-9-5-6-17-18(20)7-4-8-19(17)23(2)3/h4-13,22H,1-3H3,(H,21,24). The quantitative estimate of drug-likeness (QED) is 0.600. The SMILES string of the molecule is CC(=O)NS(=O)(=O)c1ccc(NS(=O)(=O)c2cccc3c(N(C)C)cccc23)cc1. The molecule has 0 radical (unpaired) electrons. The highest BCUT2D eigenvalue weighted by Crippen LogP contribution is 2.31.